The number of nitrogens with zero attached hydrogens (tertiary/aromatic N) is 3. The van der Waals surface area contributed by atoms with Crippen molar-refractivity contribution >= 4 is 23.4 Å². The molecule has 0 aliphatic heterocycles. The molecule has 1 N–H and O–H groups in total. The molecule has 0 spiro atoms. The van der Waals surface area contributed by atoms with Crippen molar-refractivity contribution in [1.82, 2.24) is 9.97 Å². The average molecular weight is 240 g/mol. The van der Waals surface area contributed by atoms with Crippen LogP contribution < -0.4 is 5.32 Å². The lowest BCUT2D eigenvalue weighted by molar-refractivity contribution is -0.385. The zero-order valence-electron chi connectivity index (χ0n) is 8.63. The Morgan fingerprint density at radius 3 is 2.81 bits per heavy atom. The van der Waals surface area contributed by atoms with Gasteiger partial charge in [0.05, 0.1) is 4.92 Å². The molecule has 7 heteroatoms. The first-order chi connectivity index (χ1) is 7.74. The maximum absolute atomic E-state index is 10.3. The molecule has 0 aliphatic carbocycles. The Labute approximate surface area is 97.3 Å². The molecule has 0 saturated heterocycles. The Morgan fingerprint density at radius 2 is 2.25 bits per heavy atom. The standard InChI is InChI=1S/C9H12N4O2S/c1-2-4-16-5-3-10-9-11-6-8(7-12-9)13(14)15/h2,6-7H,1,3-5H2,(H,10,11,12). The van der Waals surface area contributed by atoms with Gasteiger partial charge in [0.1, 0.15) is 12.4 Å². The van der Waals surface area contributed by atoms with Crippen LogP contribution in [0.4, 0.5) is 11.6 Å². The Kier molecular flexibility index (Phi) is 5.27. The zero-order valence-corrected chi connectivity index (χ0v) is 9.44. The third-order valence-electron chi connectivity index (χ3n) is 1.61. The molecule has 0 amide bonds. The fourth-order valence-corrected chi connectivity index (χ4v) is 1.49. The number of anilines is 1. The van der Waals surface area contributed by atoms with Crippen molar-refractivity contribution in [2.45, 2.75) is 0 Å². The highest BCUT2D eigenvalue weighted by Crippen LogP contribution is 2.08. The number of nitro groups is 1. The van der Waals surface area contributed by atoms with Crippen molar-refractivity contribution in [2.75, 3.05) is 23.4 Å². The summed E-state index contributed by atoms with van der Waals surface area (Å²) in [7, 11) is 0. The molecule has 1 aromatic rings. The highest BCUT2D eigenvalue weighted by atomic mass is 32.2. The fourth-order valence-electron chi connectivity index (χ4n) is 0.908. The molecule has 1 rings (SSSR count). The maximum atomic E-state index is 10.3. The molecular formula is C9H12N4O2S. The van der Waals surface area contributed by atoms with Gasteiger partial charge in [0.25, 0.3) is 0 Å². The van der Waals surface area contributed by atoms with E-state index in [-0.39, 0.29) is 5.69 Å². The lowest BCUT2D eigenvalue weighted by atomic mass is 10.5. The van der Waals surface area contributed by atoms with Crippen LogP contribution in [0.2, 0.25) is 0 Å². The molecular weight excluding hydrogens is 228 g/mol. The minimum absolute atomic E-state index is 0.105. The summed E-state index contributed by atoms with van der Waals surface area (Å²) in [5, 5.41) is 13.3. The molecule has 0 fully saturated rings. The summed E-state index contributed by atoms with van der Waals surface area (Å²) in [5.41, 5.74) is -0.105. The fraction of sp³-hybridized carbons (Fsp3) is 0.333. The van der Waals surface area contributed by atoms with Gasteiger partial charge in [0, 0.05) is 18.1 Å². The van der Waals surface area contributed by atoms with Crippen molar-refractivity contribution in [3.8, 4) is 0 Å². The van der Waals surface area contributed by atoms with E-state index in [0.717, 1.165) is 18.1 Å². The average Bonchev–Trinajstić information content (AvgIpc) is 2.29. The van der Waals surface area contributed by atoms with Gasteiger partial charge in [-0.05, 0) is 0 Å². The Hall–Kier alpha value is -1.63. The molecule has 1 heterocycles. The van der Waals surface area contributed by atoms with Gasteiger partial charge in [0.2, 0.25) is 5.95 Å². The van der Waals surface area contributed by atoms with E-state index >= 15 is 0 Å². The molecule has 0 aliphatic rings. The first kappa shape index (κ1) is 12.4. The number of aromatic nitrogens is 2. The van der Waals surface area contributed by atoms with Crippen LogP contribution in [-0.4, -0.2) is 32.9 Å². The summed E-state index contributed by atoms with van der Waals surface area (Å²) in [4.78, 5) is 17.5. The Bertz CT molecular complexity index is 355. The van der Waals surface area contributed by atoms with Crippen LogP contribution >= 0.6 is 11.8 Å². The largest absolute Gasteiger partial charge is 0.353 e. The van der Waals surface area contributed by atoms with Gasteiger partial charge in [-0.2, -0.15) is 11.8 Å². The highest BCUT2D eigenvalue weighted by molar-refractivity contribution is 7.99. The minimum Gasteiger partial charge on any atom is -0.353 e. The summed E-state index contributed by atoms with van der Waals surface area (Å²) in [6.45, 7) is 4.33. The van der Waals surface area contributed by atoms with E-state index in [2.05, 4.69) is 21.9 Å². The monoisotopic (exact) mass is 240 g/mol. The van der Waals surface area contributed by atoms with Gasteiger partial charge in [-0.1, -0.05) is 6.08 Å². The van der Waals surface area contributed by atoms with E-state index in [4.69, 9.17) is 0 Å². The normalized spacial score (nSPS) is 9.75. The first-order valence-corrected chi connectivity index (χ1v) is 5.78. The lowest BCUT2D eigenvalue weighted by Crippen LogP contribution is -2.07. The highest BCUT2D eigenvalue weighted by Gasteiger charge is 2.05. The van der Waals surface area contributed by atoms with Gasteiger partial charge in [-0.15, -0.1) is 6.58 Å². The lowest BCUT2D eigenvalue weighted by Gasteiger charge is -2.02. The second kappa shape index (κ2) is 6.78. The molecule has 0 aromatic carbocycles. The van der Waals surface area contributed by atoms with Crippen LogP contribution in [0.5, 0.6) is 0 Å². The predicted octanol–water partition coefficient (Wildman–Crippen LogP) is 1.72. The van der Waals surface area contributed by atoms with Gasteiger partial charge in [-0.3, -0.25) is 10.1 Å². The summed E-state index contributed by atoms with van der Waals surface area (Å²) in [6.07, 6.45) is 4.21. The van der Waals surface area contributed by atoms with Gasteiger partial charge in [-0.25, -0.2) is 9.97 Å². The molecule has 0 atom stereocenters. The van der Waals surface area contributed by atoms with Crippen LogP contribution in [0.1, 0.15) is 0 Å². The van der Waals surface area contributed by atoms with Gasteiger partial charge < -0.3 is 5.32 Å². The first-order valence-electron chi connectivity index (χ1n) is 4.63. The molecule has 86 valence electrons. The Balaban J connectivity index is 2.32. The van der Waals surface area contributed by atoms with E-state index < -0.39 is 4.92 Å². The van der Waals surface area contributed by atoms with E-state index in [1.807, 2.05) is 6.08 Å². The van der Waals surface area contributed by atoms with Crippen molar-refractivity contribution in [2.24, 2.45) is 0 Å². The summed E-state index contributed by atoms with van der Waals surface area (Å²) in [6, 6.07) is 0. The van der Waals surface area contributed by atoms with E-state index in [1.165, 1.54) is 12.4 Å². The predicted molar refractivity (Wildman–Crippen MR) is 64.7 cm³/mol. The minimum atomic E-state index is -0.524. The van der Waals surface area contributed by atoms with Crippen LogP contribution in [0.3, 0.4) is 0 Å². The molecule has 16 heavy (non-hydrogen) atoms. The summed E-state index contributed by atoms with van der Waals surface area (Å²) >= 11 is 1.74. The van der Waals surface area contributed by atoms with Crippen molar-refractivity contribution in [3.05, 3.63) is 35.2 Å². The number of rotatable bonds is 7. The van der Waals surface area contributed by atoms with E-state index in [1.54, 1.807) is 11.8 Å². The molecule has 0 unspecified atom stereocenters. The van der Waals surface area contributed by atoms with Gasteiger partial charge in [0.15, 0.2) is 0 Å². The number of hydrogen-bond acceptors (Lipinski definition) is 6. The molecule has 0 bridgehead atoms. The van der Waals surface area contributed by atoms with Crippen LogP contribution in [0.15, 0.2) is 25.0 Å². The van der Waals surface area contributed by atoms with Crippen LogP contribution in [0.25, 0.3) is 0 Å². The third kappa shape index (κ3) is 4.26. The zero-order chi connectivity index (χ0) is 11.8. The molecule has 6 nitrogen and oxygen atoms in total. The quantitative estimate of drug-likeness (QED) is 0.338. The summed E-state index contributed by atoms with van der Waals surface area (Å²) in [5.74, 6) is 2.22. The molecule has 0 saturated carbocycles. The van der Waals surface area contributed by atoms with E-state index in [9.17, 15) is 10.1 Å². The Morgan fingerprint density at radius 1 is 1.56 bits per heavy atom. The van der Waals surface area contributed by atoms with Crippen LogP contribution in [0, 0.1) is 10.1 Å². The van der Waals surface area contributed by atoms with Gasteiger partial charge >= 0.3 is 5.69 Å². The SMILES string of the molecule is C=CCSCCNc1ncc([N+](=O)[O-])cn1. The molecule has 1 aromatic heterocycles. The summed E-state index contributed by atoms with van der Waals surface area (Å²) < 4.78 is 0. The number of thioether (sulfide) groups is 1. The third-order valence-corrected chi connectivity index (χ3v) is 2.58. The van der Waals surface area contributed by atoms with Crippen molar-refractivity contribution < 1.29 is 4.92 Å². The maximum Gasteiger partial charge on any atom is 0.305 e. The smallest absolute Gasteiger partial charge is 0.305 e. The second-order valence-corrected chi connectivity index (χ2v) is 3.96. The number of hydrogen-bond donors (Lipinski definition) is 1. The van der Waals surface area contributed by atoms with Crippen molar-refractivity contribution in [1.29, 1.82) is 0 Å². The van der Waals surface area contributed by atoms with Crippen molar-refractivity contribution in [3.63, 3.8) is 0 Å². The topological polar surface area (TPSA) is 81.0 Å². The van der Waals surface area contributed by atoms with E-state index in [0.29, 0.717) is 5.95 Å². The second-order valence-electron chi connectivity index (χ2n) is 2.81. The molecule has 0 radical (unpaired) electrons. The number of nitrogens with one attached hydrogen (secondary N) is 1. The van der Waals surface area contributed by atoms with Crippen LogP contribution in [-0.2, 0) is 0 Å².